The third kappa shape index (κ3) is 6.07. The number of hydrogen-bond acceptors (Lipinski definition) is 3. The van der Waals surface area contributed by atoms with E-state index in [9.17, 15) is 0 Å². The zero-order chi connectivity index (χ0) is 13.4. The van der Waals surface area contributed by atoms with Crippen LogP contribution in [0.5, 0.6) is 0 Å². The number of ether oxygens (including phenoxy) is 1. The van der Waals surface area contributed by atoms with Crippen LogP contribution in [-0.4, -0.2) is 29.2 Å². The van der Waals surface area contributed by atoms with Crippen molar-refractivity contribution in [1.82, 2.24) is 5.32 Å². The molecule has 104 valence electrons. The van der Waals surface area contributed by atoms with E-state index in [1.165, 1.54) is 12.8 Å². The second kappa shape index (κ2) is 8.77. The van der Waals surface area contributed by atoms with Gasteiger partial charge in [-0.1, -0.05) is 31.4 Å². The predicted molar refractivity (Wildman–Crippen MR) is 84.0 cm³/mol. The molecule has 1 heterocycles. The van der Waals surface area contributed by atoms with Gasteiger partial charge in [-0.3, -0.25) is 0 Å². The summed E-state index contributed by atoms with van der Waals surface area (Å²) < 4.78 is 5.67. The van der Waals surface area contributed by atoms with Gasteiger partial charge in [0.15, 0.2) is 0 Å². The van der Waals surface area contributed by atoms with E-state index in [-0.39, 0.29) is 0 Å². The first-order valence-electron chi connectivity index (χ1n) is 6.81. The molecule has 0 aromatic heterocycles. The molecule has 0 amide bonds. The molecule has 1 aliphatic heterocycles. The minimum absolute atomic E-state index is 0.316. The third-order valence-corrected chi connectivity index (χ3v) is 4.04. The molecule has 1 aliphatic rings. The van der Waals surface area contributed by atoms with E-state index < -0.39 is 0 Å². The van der Waals surface area contributed by atoms with Crippen molar-refractivity contribution in [3.63, 3.8) is 0 Å². The van der Waals surface area contributed by atoms with Crippen LogP contribution in [0.4, 0.5) is 0 Å². The summed E-state index contributed by atoms with van der Waals surface area (Å²) in [6.07, 6.45) is 6.69. The molecule has 2 atom stereocenters. The second-order valence-electron chi connectivity index (χ2n) is 4.84. The quantitative estimate of drug-likeness (QED) is 0.705. The molecule has 5 heteroatoms. The summed E-state index contributed by atoms with van der Waals surface area (Å²) in [5.41, 5.74) is 5.66. The van der Waals surface area contributed by atoms with Gasteiger partial charge in [0.05, 0.1) is 16.1 Å². The van der Waals surface area contributed by atoms with Crippen molar-refractivity contribution in [2.24, 2.45) is 11.7 Å². The van der Waals surface area contributed by atoms with E-state index in [4.69, 9.17) is 34.9 Å². The Morgan fingerprint density at radius 3 is 2.78 bits per heavy atom. The first-order valence-corrected chi connectivity index (χ1v) is 7.62. The van der Waals surface area contributed by atoms with Crippen LogP contribution >= 0.6 is 24.4 Å². The molecule has 3 N–H and O–H groups in total. The zero-order valence-electron chi connectivity index (χ0n) is 11.1. The predicted octanol–water partition coefficient (Wildman–Crippen LogP) is 2.57. The fourth-order valence-corrected chi connectivity index (χ4v) is 2.75. The van der Waals surface area contributed by atoms with Crippen LogP contribution in [0.25, 0.3) is 0 Å². The van der Waals surface area contributed by atoms with Gasteiger partial charge in [0, 0.05) is 25.5 Å². The van der Waals surface area contributed by atoms with Gasteiger partial charge < -0.3 is 15.8 Å². The van der Waals surface area contributed by atoms with E-state index in [0.717, 1.165) is 43.8 Å². The highest BCUT2D eigenvalue weighted by molar-refractivity contribution is 7.80. The molecule has 1 rings (SSSR count). The van der Waals surface area contributed by atoms with Crippen molar-refractivity contribution in [2.75, 3.05) is 13.2 Å². The molecular weight excluding hydrogens is 264 g/mol. The van der Waals surface area contributed by atoms with Crippen LogP contribution in [0.15, 0.2) is 0 Å². The summed E-state index contributed by atoms with van der Waals surface area (Å²) in [6.45, 7) is 3.84. The third-order valence-electron chi connectivity index (χ3n) is 3.40. The van der Waals surface area contributed by atoms with Crippen LogP contribution in [-0.2, 0) is 4.74 Å². The summed E-state index contributed by atoms with van der Waals surface area (Å²) >= 11 is 10.4. The fraction of sp³-hybridized carbons (Fsp3) is 0.846. The van der Waals surface area contributed by atoms with Gasteiger partial charge in [-0.15, -0.1) is 0 Å². The highest BCUT2D eigenvalue weighted by atomic mass is 32.1. The lowest BCUT2D eigenvalue weighted by Crippen LogP contribution is -2.32. The van der Waals surface area contributed by atoms with Crippen molar-refractivity contribution in [3.8, 4) is 0 Å². The Morgan fingerprint density at radius 2 is 2.22 bits per heavy atom. The molecule has 3 nitrogen and oxygen atoms in total. The maximum Gasteiger partial charge on any atom is 0.0779 e. The average Bonchev–Trinajstić information content (AvgIpc) is 2.35. The van der Waals surface area contributed by atoms with Gasteiger partial charge in [0.1, 0.15) is 0 Å². The maximum atomic E-state index is 5.67. The summed E-state index contributed by atoms with van der Waals surface area (Å²) in [4.78, 5) is 1.51. The van der Waals surface area contributed by atoms with Crippen molar-refractivity contribution in [1.29, 1.82) is 0 Å². The van der Waals surface area contributed by atoms with E-state index in [1.54, 1.807) is 0 Å². The minimum Gasteiger partial charge on any atom is -0.393 e. The lowest BCUT2D eigenvalue weighted by Gasteiger charge is -2.23. The molecule has 0 aromatic rings. The Balaban J connectivity index is 2.14. The Labute approximate surface area is 121 Å². The van der Waals surface area contributed by atoms with Gasteiger partial charge >= 0.3 is 0 Å². The van der Waals surface area contributed by atoms with Crippen molar-refractivity contribution < 1.29 is 4.74 Å². The lowest BCUT2D eigenvalue weighted by molar-refractivity contribution is 0.0210. The lowest BCUT2D eigenvalue weighted by atomic mass is 10.0. The van der Waals surface area contributed by atoms with E-state index in [1.807, 2.05) is 0 Å². The van der Waals surface area contributed by atoms with Gasteiger partial charge in [0.2, 0.25) is 0 Å². The second-order valence-corrected chi connectivity index (χ2v) is 5.80. The monoisotopic (exact) mass is 288 g/mol. The SMILES string of the molecule is CCC(CCNC(=S)CC1CCCCO1)C(N)=S. The van der Waals surface area contributed by atoms with Crippen molar-refractivity contribution in [3.05, 3.63) is 0 Å². The minimum atomic E-state index is 0.316. The Bertz CT molecular complexity index is 278. The standard InChI is InChI=1S/C13H24N2OS2/c1-2-10(13(14)18)6-7-15-12(17)9-11-5-3-4-8-16-11/h10-11H,2-9H2,1H3,(H2,14,18)(H,15,17). The maximum absolute atomic E-state index is 5.67. The summed E-state index contributed by atoms with van der Waals surface area (Å²) in [5.74, 6) is 0.321. The number of nitrogens with two attached hydrogens (primary N) is 1. The number of nitrogens with one attached hydrogen (secondary N) is 1. The molecule has 0 radical (unpaired) electrons. The molecule has 0 bridgehead atoms. The number of hydrogen-bond donors (Lipinski definition) is 2. The highest BCUT2D eigenvalue weighted by Gasteiger charge is 2.16. The first-order chi connectivity index (χ1) is 8.63. The average molecular weight is 288 g/mol. The molecular formula is C13H24N2OS2. The molecule has 0 spiro atoms. The van der Waals surface area contributed by atoms with Crippen LogP contribution in [0.2, 0.25) is 0 Å². The van der Waals surface area contributed by atoms with Crippen molar-refractivity contribution >= 4 is 34.4 Å². The van der Waals surface area contributed by atoms with Crippen LogP contribution < -0.4 is 11.1 Å². The number of thiocarbonyl (C=S) groups is 2. The smallest absolute Gasteiger partial charge is 0.0779 e. The Morgan fingerprint density at radius 1 is 1.44 bits per heavy atom. The van der Waals surface area contributed by atoms with E-state index in [0.29, 0.717) is 17.0 Å². The Hall–Kier alpha value is -0.260. The summed E-state index contributed by atoms with van der Waals surface area (Å²) in [6, 6.07) is 0. The van der Waals surface area contributed by atoms with Gasteiger partial charge in [-0.25, -0.2) is 0 Å². The normalized spacial score (nSPS) is 21.3. The fourth-order valence-electron chi connectivity index (χ4n) is 2.18. The van der Waals surface area contributed by atoms with Crippen LogP contribution in [0, 0.1) is 5.92 Å². The molecule has 18 heavy (non-hydrogen) atoms. The highest BCUT2D eigenvalue weighted by Crippen LogP contribution is 2.15. The molecule has 0 aromatic carbocycles. The molecule has 2 unspecified atom stereocenters. The summed E-state index contributed by atoms with van der Waals surface area (Å²) in [5, 5.41) is 3.29. The molecule has 0 aliphatic carbocycles. The van der Waals surface area contributed by atoms with Crippen molar-refractivity contribution in [2.45, 2.75) is 51.6 Å². The van der Waals surface area contributed by atoms with E-state index >= 15 is 0 Å². The Kier molecular flexibility index (Phi) is 7.70. The van der Waals surface area contributed by atoms with Crippen LogP contribution in [0.3, 0.4) is 0 Å². The molecule has 1 saturated heterocycles. The van der Waals surface area contributed by atoms with E-state index in [2.05, 4.69) is 12.2 Å². The largest absolute Gasteiger partial charge is 0.393 e. The van der Waals surface area contributed by atoms with Gasteiger partial charge in [-0.2, -0.15) is 0 Å². The topological polar surface area (TPSA) is 47.3 Å². The van der Waals surface area contributed by atoms with Crippen LogP contribution in [0.1, 0.15) is 45.4 Å². The molecule has 0 saturated carbocycles. The van der Waals surface area contributed by atoms with Gasteiger partial charge in [0.25, 0.3) is 0 Å². The first kappa shape index (κ1) is 15.8. The summed E-state index contributed by atoms with van der Waals surface area (Å²) in [7, 11) is 0. The zero-order valence-corrected chi connectivity index (χ0v) is 12.7. The van der Waals surface area contributed by atoms with Gasteiger partial charge in [-0.05, 0) is 32.1 Å². The number of rotatable bonds is 7. The molecule has 1 fully saturated rings.